The van der Waals surface area contributed by atoms with Crippen molar-refractivity contribution in [3.8, 4) is 0 Å². The van der Waals surface area contributed by atoms with Gasteiger partial charge in [-0.3, -0.25) is 0 Å². The zero-order valence-corrected chi connectivity index (χ0v) is 11.7. The Balaban J connectivity index is 1.50. The van der Waals surface area contributed by atoms with Crippen molar-refractivity contribution in [2.75, 3.05) is 0 Å². The van der Waals surface area contributed by atoms with E-state index in [1.807, 2.05) is 0 Å². The van der Waals surface area contributed by atoms with Crippen LogP contribution in [0, 0.1) is 35.5 Å². The fraction of sp³-hybridized carbons (Fsp3) is 1.00. The van der Waals surface area contributed by atoms with Gasteiger partial charge in [0, 0.05) is 0 Å². The Morgan fingerprint density at radius 2 is 1.75 bits per heavy atom. The number of hydrogen-bond donors (Lipinski definition) is 0. The Kier molecular flexibility index (Phi) is 3.97. The third kappa shape index (κ3) is 3.50. The van der Waals surface area contributed by atoms with Crippen LogP contribution in [0.3, 0.4) is 0 Å². The summed E-state index contributed by atoms with van der Waals surface area (Å²) in [6.45, 7) is 9.63. The van der Waals surface area contributed by atoms with E-state index >= 15 is 0 Å². The SMILES string of the molecule is CC(C)CC1CC1CCCC(C)C1CC1C. The van der Waals surface area contributed by atoms with Crippen molar-refractivity contribution in [1.82, 2.24) is 0 Å². The molecule has 2 rings (SSSR count). The highest BCUT2D eigenvalue weighted by atomic mass is 14.4. The Morgan fingerprint density at radius 3 is 2.31 bits per heavy atom. The van der Waals surface area contributed by atoms with Crippen LogP contribution in [0.25, 0.3) is 0 Å². The second-order valence-corrected chi connectivity index (χ2v) is 7.17. The molecule has 0 bridgehead atoms. The highest BCUT2D eigenvalue weighted by Gasteiger charge is 2.38. The van der Waals surface area contributed by atoms with Crippen molar-refractivity contribution in [2.45, 2.75) is 66.2 Å². The van der Waals surface area contributed by atoms with Crippen molar-refractivity contribution in [2.24, 2.45) is 35.5 Å². The Labute approximate surface area is 102 Å². The van der Waals surface area contributed by atoms with Gasteiger partial charge < -0.3 is 0 Å². The lowest BCUT2D eigenvalue weighted by Crippen LogP contribution is -1.99. The first-order valence-corrected chi connectivity index (χ1v) is 7.58. The molecule has 0 saturated heterocycles. The second kappa shape index (κ2) is 5.10. The van der Waals surface area contributed by atoms with E-state index in [4.69, 9.17) is 0 Å². The molecular weight excluding hydrogens is 192 g/mol. The van der Waals surface area contributed by atoms with Crippen LogP contribution in [0.5, 0.6) is 0 Å². The first kappa shape index (κ1) is 12.5. The van der Waals surface area contributed by atoms with Gasteiger partial charge in [0.1, 0.15) is 0 Å². The first-order chi connectivity index (χ1) is 7.58. The van der Waals surface area contributed by atoms with E-state index in [0.29, 0.717) is 0 Å². The molecule has 2 aliphatic rings. The molecule has 0 amide bonds. The number of hydrogen-bond acceptors (Lipinski definition) is 0. The summed E-state index contributed by atoms with van der Waals surface area (Å²) < 4.78 is 0. The summed E-state index contributed by atoms with van der Waals surface area (Å²) in [6.07, 6.45) is 9.08. The maximum atomic E-state index is 2.48. The molecule has 0 heterocycles. The molecule has 0 spiro atoms. The predicted molar refractivity (Wildman–Crippen MR) is 71.3 cm³/mol. The minimum Gasteiger partial charge on any atom is -0.0628 e. The zero-order chi connectivity index (χ0) is 11.7. The minimum atomic E-state index is 0.918. The molecule has 16 heavy (non-hydrogen) atoms. The highest BCUT2D eigenvalue weighted by Crippen LogP contribution is 2.48. The molecule has 0 N–H and O–H groups in total. The molecule has 0 aliphatic heterocycles. The molecule has 5 unspecified atom stereocenters. The van der Waals surface area contributed by atoms with Crippen molar-refractivity contribution in [3.05, 3.63) is 0 Å². The summed E-state index contributed by atoms with van der Waals surface area (Å²) in [5, 5.41) is 0. The monoisotopic (exact) mass is 222 g/mol. The van der Waals surface area contributed by atoms with E-state index < -0.39 is 0 Å². The average Bonchev–Trinajstić information content (AvgIpc) is 3.05. The van der Waals surface area contributed by atoms with Crippen molar-refractivity contribution in [1.29, 1.82) is 0 Å². The quantitative estimate of drug-likeness (QED) is 0.560. The van der Waals surface area contributed by atoms with Crippen LogP contribution in [-0.4, -0.2) is 0 Å². The van der Waals surface area contributed by atoms with Crippen LogP contribution in [0.1, 0.15) is 66.2 Å². The summed E-state index contributed by atoms with van der Waals surface area (Å²) in [5.74, 6) is 6.29. The third-order valence-corrected chi connectivity index (χ3v) is 4.98. The van der Waals surface area contributed by atoms with E-state index in [1.54, 1.807) is 6.42 Å². The van der Waals surface area contributed by atoms with Crippen LogP contribution >= 0.6 is 0 Å². The van der Waals surface area contributed by atoms with Gasteiger partial charge in [-0.2, -0.15) is 0 Å². The lowest BCUT2D eigenvalue weighted by Gasteiger charge is -2.10. The van der Waals surface area contributed by atoms with Crippen LogP contribution in [-0.2, 0) is 0 Å². The van der Waals surface area contributed by atoms with Crippen molar-refractivity contribution >= 4 is 0 Å². The van der Waals surface area contributed by atoms with E-state index in [0.717, 1.165) is 35.5 Å². The molecule has 94 valence electrons. The summed E-state index contributed by atoms with van der Waals surface area (Å²) in [5.41, 5.74) is 0. The van der Waals surface area contributed by atoms with Gasteiger partial charge in [0.2, 0.25) is 0 Å². The number of rotatable bonds is 7. The van der Waals surface area contributed by atoms with Crippen LogP contribution in [0.2, 0.25) is 0 Å². The van der Waals surface area contributed by atoms with Gasteiger partial charge >= 0.3 is 0 Å². The zero-order valence-electron chi connectivity index (χ0n) is 11.7. The normalized spacial score (nSPS) is 38.8. The predicted octanol–water partition coefficient (Wildman–Crippen LogP) is 5.13. The van der Waals surface area contributed by atoms with Crippen LogP contribution in [0.15, 0.2) is 0 Å². The third-order valence-electron chi connectivity index (χ3n) is 4.98. The van der Waals surface area contributed by atoms with Gasteiger partial charge in [-0.1, -0.05) is 47.0 Å². The second-order valence-electron chi connectivity index (χ2n) is 7.17. The molecule has 5 atom stereocenters. The van der Waals surface area contributed by atoms with Crippen molar-refractivity contribution < 1.29 is 0 Å². The molecule has 2 saturated carbocycles. The molecular formula is C16H30. The molecule has 2 aliphatic carbocycles. The van der Waals surface area contributed by atoms with Crippen LogP contribution < -0.4 is 0 Å². The fourth-order valence-corrected chi connectivity index (χ4v) is 3.62. The van der Waals surface area contributed by atoms with Gasteiger partial charge in [0.25, 0.3) is 0 Å². The smallest absolute Gasteiger partial charge is 0.0360 e. The Hall–Kier alpha value is 0. The van der Waals surface area contributed by atoms with Crippen molar-refractivity contribution in [3.63, 3.8) is 0 Å². The van der Waals surface area contributed by atoms with E-state index in [1.165, 1.54) is 32.1 Å². The van der Waals surface area contributed by atoms with Gasteiger partial charge in [-0.05, 0) is 54.8 Å². The molecule has 2 fully saturated rings. The molecule has 0 radical (unpaired) electrons. The van der Waals surface area contributed by atoms with Crippen LogP contribution in [0.4, 0.5) is 0 Å². The van der Waals surface area contributed by atoms with Gasteiger partial charge in [0.15, 0.2) is 0 Å². The van der Waals surface area contributed by atoms with Gasteiger partial charge in [-0.25, -0.2) is 0 Å². The van der Waals surface area contributed by atoms with Gasteiger partial charge in [-0.15, -0.1) is 0 Å². The molecule has 0 aromatic rings. The fourth-order valence-electron chi connectivity index (χ4n) is 3.62. The molecule has 0 heteroatoms. The molecule has 0 nitrogen and oxygen atoms in total. The molecule has 0 aromatic carbocycles. The maximum absolute atomic E-state index is 2.48. The van der Waals surface area contributed by atoms with E-state index in [9.17, 15) is 0 Å². The Bertz CT molecular complexity index is 218. The Morgan fingerprint density at radius 1 is 1.06 bits per heavy atom. The maximum Gasteiger partial charge on any atom is -0.0360 e. The summed E-state index contributed by atoms with van der Waals surface area (Å²) in [7, 11) is 0. The van der Waals surface area contributed by atoms with E-state index in [2.05, 4.69) is 27.7 Å². The molecule has 0 aromatic heterocycles. The standard InChI is InChI=1S/C16H30/c1-11(2)8-15-10-14(15)7-5-6-12(3)16-9-13(16)4/h11-16H,5-10H2,1-4H3. The highest BCUT2D eigenvalue weighted by molar-refractivity contribution is 4.88. The lowest BCUT2D eigenvalue weighted by molar-refractivity contribution is 0.412. The summed E-state index contributed by atoms with van der Waals surface area (Å²) in [6, 6.07) is 0. The largest absolute Gasteiger partial charge is 0.0628 e. The summed E-state index contributed by atoms with van der Waals surface area (Å²) >= 11 is 0. The van der Waals surface area contributed by atoms with E-state index in [-0.39, 0.29) is 0 Å². The lowest BCUT2D eigenvalue weighted by atomic mass is 9.96. The topological polar surface area (TPSA) is 0 Å². The van der Waals surface area contributed by atoms with Gasteiger partial charge in [0.05, 0.1) is 0 Å². The first-order valence-electron chi connectivity index (χ1n) is 7.58. The summed E-state index contributed by atoms with van der Waals surface area (Å²) in [4.78, 5) is 0. The minimum absolute atomic E-state index is 0.918. The average molecular weight is 222 g/mol.